The number of aryl methyl sites for hydroxylation is 2. The standard InChI is InChI=1S/C15H23NO2/c1-10-6-12(15(3,4)5)7-11(2)13(10)8-16-14(18)9-17/h6-7,17H,8-9H2,1-5H3,(H,16,18). The van der Waals surface area contributed by atoms with Gasteiger partial charge < -0.3 is 10.4 Å². The zero-order valence-corrected chi connectivity index (χ0v) is 11.9. The van der Waals surface area contributed by atoms with Crippen molar-refractivity contribution < 1.29 is 9.90 Å². The minimum atomic E-state index is -0.460. The maximum atomic E-state index is 11.1. The maximum absolute atomic E-state index is 11.1. The van der Waals surface area contributed by atoms with Crippen molar-refractivity contribution in [1.82, 2.24) is 5.32 Å². The normalized spacial score (nSPS) is 11.4. The average Bonchev–Trinajstić information content (AvgIpc) is 2.26. The van der Waals surface area contributed by atoms with Crippen LogP contribution in [0.5, 0.6) is 0 Å². The van der Waals surface area contributed by atoms with Gasteiger partial charge in [-0.1, -0.05) is 32.9 Å². The molecule has 3 heteroatoms. The molecular formula is C15H23NO2. The van der Waals surface area contributed by atoms with Crippen LogP contribution in [-0.2, 0) is 16.8 Å². The van der Waals surface area contributed by atoms with Crippen LogP contribution in [0, 0.1) is 13.8 Å². The molecule has 0 aromatic heterocycles. The molecule has 0 aliphatic heterocycles. The molecule has 0 bridgehead atoms. The highest BCUT2D eigenvalue weighted by atomic mass is 16.3. The largest absolute Gasteiger partial charge is 0.387 e. The van der Waals surface area contributed by atoms with E-state index >= 15 is 0 Å². The van der Waals surface area contributed by atoms with Crippen LogP contribution < -0.4 is 5.32 Å². The predicted molar refractivity (Wildman–Crippen MR) is 73.5 cm³/mol. The summed E-state index contributed by atoms with van der Waals surface area (Å²) >= 11 is 0. The Morgan fingerprint density at radius 3 is 2.11 bits per heavy atom. The zero-order chi connectivity index (χ0) is 13.9. The quantitative estimate of drug-likeness (QED) is 0.863. The van der Waals surface area contributed by atoms with E-state index in [1.54, 1.807) is 0 Å². The lowest BCUT2D eigenvalue weighted by atomic mass is 9.84. The minimum Gasteiger partial charge on any atom is -0.387 e. The summed E-state index contributed by atoms with van der Waals surface area (Å²) in [5, 5.41) is 11.4. The second-order valence-electron chi connectivity index (χ2n) is 5.77. The van der Waals surface area contributed by atoms with Crippen LogP contribution in [0.2, 0.25) is 0 Å². The fourth-order valence-electron chi connectivity index (χ4n) is 1.95. The topological polar surface area (TPSA) is 49.3 Å². The lowest BCUT2D eigenvalue weighted by Crippen LogP contribution is -2.26. The third-order valence-electron chi connectivity index (χ3n) is 3.17. The van der Waals surface area contributed by atoms with Crippen molar-refractivity contribution in [3.05, 3.63) is 34.4 Å². The summed E-state index contributed by atoms with van der Waals surface area (Å²) < 4.78 is 0. The first-order valence-corrected chi connectivity index (χ1v) is 6.24. The van der Waals surface area contributed by atoms with E-state index in [1.165, 1.54) is 16.7 Å². The molecule has 0 aliphatic carbocycles. The number of rotatable bonds is 3. The smallest absolute Gasteiger partial charge is 0.245 e. The van der Waals surface area contributed by atoms with E-state index in [2.05, 4.69) is 52.1 Å². The number of amides is 1. The van der Waals surface area contributed by atoms with Gasteiger partial charge in [-0.25, -0.2) is 0 Å². The van der Waals surface area contributed by atoms with Crippen molar-refractivity contribution in [1.29, 1.82) is 0 Å². The number of aliphatic hydroxyl groups excluding tert-OH is 1. The number of nitrogens with one attached hydrogen (secondary N) is 1. The van der Waals surface area contributed by atoms with Crippen LogP contribution >= 0.6 is 0 Å². The van der Waals surface area contributed by atoms with Crippen LogP contribution in [0.3, 0.4) is 0 Å². The molecule has 2 N–H and O–H groups in total. The van der Waals surface area contributed by atoms with Gasteiger partial charge in [0.05, 0.1) is 0 Å². The lowest BCUT2D eigenvalue weighted by Gasteiger charge is -2.22. The van der Waals surface area contributed by atoms with Crippen molar-refractivity contribution in [2.24, 2.45) is 0 Å². The van der Waals surface area contributed by atoms with Crippen LogP contribution in [0.25, 0.3) is 0 Å². The minimum absolute atomic E-state index is 0.127. The van der Waals surface area contributed by atoms with E-state index in [0.717, 1.165) is 5.56 Å². The summed E-state index contributed by atoms with van der Waals surface area (Å²) in [6.45, 7) is 10.7. The van der Waals surface area contributed by atoms with Crippen molar-refractivity contribution in [2.75, 3.05) is 6.61 Å². The molecule has 0 aliphatic rings. The van der Waals surface area contributed by atoms with Crippen molar-refractivity contribution >= 4 is 5.91 Å². The summed E-state index contributed by atoms with van der Waals surface area (Å²) in [6.07, 6.45) is 0. The first-order valence-electron chi connectivity index (χ1n) is 6.24. The number of aliphatic hydroxyl groups is 1. The number of carbonyl (C=O) groups excluding carboxylic acids is 1. The first-order chi connectivity index (χ1) is 8.25. The molecule has 1 amide bonds. The SMILES string of the molecule is Cc1cc(C(C)(C)C)cc(C)c1CNC(=O)CO. The van der Waals surface area contributed by atoms with Gasteiger partial charge in [-0.2, -0.15) is 0 Å². The second kappa shape index (κ2) is 5.53. The highest BCUT2D eigenvalue weighted by molar-refractivity contribution is 5.76. The molecule has 100 valence electrons. The Morgan fingerprint density at radius 1 is 1.22 bits per heavy atom. The fraction of sp³-hybridized carbons (Fsp3) is 0.533. The van der Waals surface area contributed by atoms with E-state index in [0.29, 0.717) is 6.54 Å². The zero-order valence-electron chi connectivity index (χ0n) is 11.9. The van der Waals surface area contributed by atoms with Crippen LogP contribution in [0.15, 0.2) is 12.1 Å². The second-order valence-corrected chi connectivity index (χ2v) is 5.77. The highest BCUT2D eigenvalue weighted by Gasteiger charge is 2.16. The molecule has 0 spiro atoms. The summed E-state index contributed by atoms with van der Waals surface area (Å²) in [5.74, 6) is -0.339. The molecule has 0 saturated heterocycles. The molecule has 1 aromatic carbocycles. The Labute approximate surface area is 109 Å². The Bertz CT molecular complexity index is 421. The molecule has 0 saturated carbocycles. The van der Waals surface area contributed by atoms with E-state index < -0.39 is 6.61 Å². The Morgan fingerprint density at radius 2 is 1.72 bits per heavy atom. The Kier molecular flexibility index (Phi) is 4.52. The molecule has 0 atom stereocenters. The van der Waals surface area contributed by atoms with E-state index in [-0.39, 0.29) is 11.3 Å². The highest BCUT2D eigenvalue weighted by Crippen LogP contribution is 2.26. The van der Waals surface area contributed by atoms with Crippen LogP contribution in [0.1, 0.15) is 43.0 Å². The van der Waals surface area contributed by atoms with E-state index in [4.69, 9.17) is 5.11 Å². The van der Waals surface area contributed by atoms with Gasteiger partial charge in [-0.05, 0) is 41.5 Å². The molecule has 18 heavy (non-hydrogen) atoms. The molecule has 3 nitrogen and oxygen atoms in total. The van der Waals surface area contributed by atoms with Gasteiger partial charge in [0.15, 0.2) is 0 Å². The van der Waals surface area contributed by atoms with Gasteiger partial charge >= 0.3 is 0 Å². The molecule has 0 heterocycles. The van der Waals surface area contributed by atoms with Crippen LogP contribution in [0.4, 0.5) is 0 Å². The maximum Gasteiger partial charge on any atom is 0.245 e. The Balaban J connectivity index is 2.98. The van der Waals surface area contributed by atoms with Crippen molar-refractivity contribution in [3.8, 4) is 0 Å². The van der Waals surface area contributed by atoms with Gasteiger partial charge in [0.25, 0.3) is 0 Å². The van der Waals surface area contributed by atoms with Crippen molar-refractivity contribution in [2.45, 2.75) is 46.6 Å². The molecule has 1 aromatic rings. The number of hydrogen-bond acceptors (Lipinski definition) is 2. The summed E-state index contributed by atoms with van der Waals surface area (Å²) in [4.78, 5) is 11.1. The Hall–Kier alpha value is -1.35. The number of carbonyl (C=O) groups is 1. The van der Waals surface area contributed by atoms with E-state index in [1.807, 2.05) is 0 Å². The third-order valence-corrected chi connectivity index (χ3v) is 3.17. The van der Waals surface area contributed by atoms with Gasteiger partial charge in [-0.3, -0.25) is 4.79 Å². The van der Waals surface area contributed by atoms with E-state index in [9.17, 15) is 4.79 Å². The fourth-order valence-corrected chi connectivity index (χ4v) is 1.95. The van der Waals surface area contributed by atoms with Crippen molar-refractivity contribution in [3.63, 3.8) is 0 Å². The van der Waals surface area contributed by atoms with Crippen LogP contribution in [-0.4, -0.2) is 17.6 Å². The summed E-state index contributed by atoms with van der Waals surface area (Å²) in [7, 11) is 0. The number of benzene rings is 1. The summed E-state index contributed by atoms with van der Waals surface area (Å²) in [6, 6.07) is 4.35. The van der Waals surface area contributed by atoms with Gasteiger partial charge in [0.1, 0.15) is 6.61 Å². The predicted octanol–water partition coefficient (Wildman–Crippen LogP) is 2.21. The van der Waals surface area contributed by atoms with Gasteiger partial charge in [-0.15, -0.1) is 0 Å². The average molecular weight is 249 g/mol. The van der Waals surface area contributed by atoms with Gasteiger partial charge in [0, 0.05) is 6.54 Å². The molecule has 0 fully saturated rings. The lowest BCUT2D eigenvalue weighted by molar-refractivity contribution is -0.123. The monoisotopic (exact) mass is 249 g/mol. The number of hydrogen-bond donors (Lipinski definition) is 2. The third kappa shape index (κ3) is 3.57. The summed E-state index contributed by atoms with van der Waals surface area (Å²) in [5.41, 5.74) is 4.92. The molecule has 0 radical (unpaired) electrons. The van der Waals surface area contributed by atoms with Gasteiger partial charge in [0.2, 0.25) is 5.91 Å². The molecule has 1 rings (SSSR count). The first kappa shape index (κ1) is 14.7. The molecule has 0 unspecified atom stereocenters. The molecular weight excluding hydrogens is 226 g/mol.